The van der Waals surface area contributed by atoms with Crippen LogP contribution < -0.4 is 0 Å². The molecule has 1 aliphatic heterocycles. The molecule has 0 spiro atoms. The van der Waals surface area contributed by atoms with Gasteiger partial charge < -0.3 is 4.74 Å². The van der Waals surface area contributed by atoms with Crippen LogP contribution in [-0.4, -0.2) is 31.1 Å². The third kappa shape index (κ3) is 2.57. The van der Waals surface area contributed by atoms with Crippen LogP contribution in [0.1, 0.15) is 65.7 Å². The van der Waals surface area contributed by atoms with Gasteiger partial charge >= 0.3 is 16.4 Å². The first kappa shape index (κ1) is 18.7. The predicted octanol–water partition coefficient (Wildman–Crippen LogP) is 3.37. The van der Waals surface area contributed by atoms with Gasteiger partial charge in [0, 0.05) is 17.3 Å². The number of esters is 1. The molecule has 4 rings (SSSR count). The van der Waals surface area contributed by atoms with Gasteiger partial charge in [-0.05, 0) is 69.1 Å². The Morgan fingerprint density at radius 2 is 1.77 bits per heavy atom. The Morgan fingerprint density at radius 1 is 1.08 bits per heavy atom. The third-order valence-corrected chi connectivity index (χ3v) is 9.42. The van der Waals surface area contributed by atoms with Crippen molar-refractivity contribution < 1.29 is 26.7 Å². The Kier molecular flexibility index (Phi) is 4.08. The first-order chi connectivity index (χ1) is 12.0. The molecular weight excluding hydrogens is 356 g/mol. The molecule has 0 amide bonds. The van der Waals surface area contributed by atoms with Crippen LogP contribution in [-0.2, 0) is 24.1 Å². The number of carbonyl (C=O) groups excluding carboxylic acids is 1. The van der Waals surface area contributed by atoms with Gasteiger partial charge in [-0.1, -0.05) is 13.8 Å². The summed E-state index contributed by atoms with van der Waals surface area (Å²) >= 11 is 0. The van der Waals surface area contributed by atoms with E-state index in [4.69, 9.17) is 8.92 Å². The molecule has 6 nitrogen and oxygen atoms in total. The van der Waals surface area contributed by atoms with Gasteiger partial charge in [0.1, 0.15) is 0 Å². The van der Waals surface area contributed by atoms with Crippen molar-refractivity contribution in [2.75, 3.05) is 6.61 Å². The Balaban J connectivity index is 1.63. The monoisotopic (exact) mass is 386 g/mol. The van der Waals surface area contributed by atoms with Gasteiger partial charge in [0.15, 0.2) is 0 Å². The van der Waals surface area contributed by atoms with Crippen molar-refractivity contribution in [1.82, 2.24) is 0 Å². The zero-order valence-electron chi connectivity index (χ0n) is 15.9. The fourth-order valence-electron chi connectivity index (χ4n) is 7.19. The lowest BCUT2D eigenvalue weighted by Crippen LogP contribution is -2.58. The highest BCUT2D eigenvalue weighted by Gasteiger charge is 2.65. The standard InChI is InChI=1S/C19H30O6S/c1-17-11-24-16(20)10-12(17)4-5-13-14(17)6-8-18(2)15(13)7-9-19(18,3)25-26(21,22)23/h12-15H,4-11H2,1-3H3,(H,21,22,23)/t12-,13?,14?,15?,17-,18-,19+/m0/s1. The van der Waals surface area contributed by atoms with Crippen LogP contribution in [0.4, 0.5) is 0 Å². The average molecular weight is 387 g/mol. The van der Waals surface area contributed by atoms with Crippen molar-refractivity contribution in [2.45, 2.75) is 71.3 Å². The number of hydrogen-bond acceptors (Lipinski definition) is 5. The van der Waals surface area contributed by atoms with Gasteiger partial charge in [0.05, 0.1) is 12.2 Å². The number of cyclic esters (lactones) is 1. The molecule has 148 valence electrons. The van der Waals surface area contributed by atoms with E-state index in [1.54, 1.807) is 0 Å². The first-order valence-corrected chi connectivity index (χ1v) is 11.2. The third-order valence-electron chi connectivity index (χ3n) is 8.84. The molecule has 1 heterocycles. The van der Waals surface area contributed by atoms with E-state index >= 15 is 0 Å². The second-order valence-electron chi connectivity index (χ2n) is 9.76. The summed E-state index contributed by atoms with van der Waals surface area (Å²) in [5.41, 5.74) is -1.09. The number of hydrogen-bond donors (Lipinski definition) is 1. The Hall–Kier alpha value is -0.660. The van der Waals surface area contributed by atoms with Crippen molar-refractivity contribution >= 4 is 16.4 Å². The zero-order valence-corrected chi connectivity index (χ0v) is 16.7. The van der Waals surface area contributed by atoms with Crippen molar-refractivity contribution in [1.29, 1.82) is 0 Å². The summed E-state index contributed by atoms with van der Waals surface area (Å²) in [6.07, 6.45) is 6.09. The van der Waals surface area contributed by atoms with Crippen LogP contribution >= 0.6 is 0 Å². The number of fused-ring (bicyclic) bond motifs is 5. The van der Waals surface area contributed by atoms with Crippen LogP contribution in [0.5, 0.6) is 0 Å². The van der Waals surface area contributed by atoms with E-state index < -0.39 is 16.0 Å². The molecule has 7 atom stereocenters. The lowest BCUT2D eigenvalue weighted by Gasteiger charge is -2.60. The molecule has 7 heteroatoms. The molecule has 0 aromatic heterocycles. The van der Waals surface area contributed by atoms with Gasteiger partial charge in [-0.15, -0.1) is 0 Å². The summed E-state index contributed by atoms with van der Waals surface area (Å²) in [5.74, 6) is 1.71. The second-order valence-corrected chi connectivity index (χ2v) is 10.8. The fraction of sp³-hybridized carbons (Fsp3) is 0.947. The van der Waals surface area contributed by atoms with Gasteiger partial charge in [0.25, 0.3) is 0 Å². The first-order valence-electron chi connectivity index (χ1n) is 9.82. The molecule has 0 aromatic carbocycles. The molecule has 3 aliphatic carbocycles. The largest absolute Gasteiger partial charge is 0.465 e. The highest BCUT2D eigenvalue weighted by molar-refractivity contribution is 7.80. The number of carbonyl (C=O) groups is 1. The maximum atomic E-state index is 11.8. The van der Waals surface area contributed by atoms with E-state index in [9.17, 15) is 17.8 Å². The van der Waals surface area contributed by atoms with Crippen LogP contribution in [0.15, 0.2) is 0 Å². The molecule has 26 heavy (non-hydrogen) atoms. The minimum absolute atomic E-state index is 0.0288. The van der Waals surface area contributed by atoms with E-state index in [-0.39, 0.29) is 16.8 Å². The zero-order chi connectivity index (χ0) is 19.0. The molecule has 0 radical (unpaired) electrons. The molecule has 1 N–H and O–H groups in total. The number of rotatable bonds is 2. The predicted molar refractivity (Wildman–Crippen MR) is 94.5 cm³/mol. The lowest BCUT2D eigenvalue weighted by atomic mass is 9.46. The Bertz CT molecular complexity index is 720. The van der Waals surface area contributed by atoms with Gasteiger partial charge in [-0.3, -0.25) is 9.35 Å². The van der Waals surface area contributed by atoms with Crippen LogP contribution in [0, 0.1) is 34.5 Å². The minimum Gasteiger partial charge on any atom is -0.465 e. The highest BCUT2D eigenvalue weighted by Crippen LogP contribution is 2.67. The van der Waals surface area contributed by atoms with Crippen molar-refractivity contribution in [2.24, 2.45) is 34.5 Å². The molecule has 4 aliphatic rings. The smallest absolute Gasteiger partial charge is 0.397 e. The summed E-state index contributed by atoms with van der Waals surface area (Å²) in [6, 6.07) is 0. The molecule has 3 unspecified atom stereocenters. The van der Waals surface area contributed by atoms with E-state index in [2.05, 4.69) is 13.8 Å². The molecular formula is C19H30O6S. The normalized spacial score (nSPS) is 51.2. The van der Waals surface area contributed by atoms with E-state index in [1.165, 1.54) is 0 Å². The van der Waals surface area contributed by atoms with E-state index in [0.717, 1.165) is 32.1 Å². The van der Waals surface area contributed by atoms with Crippen molar-refractivity contribution in [3.8, 4) is 0 Å². The molecule has 3 saturated carbocycles. The lowest BCUT2D eigenvalue weighted by molar-refractivity contribution is -0.185. The van der Waals surface area contributed by atoms with Gasteiger partial charge in [0.2, 0.25) is 0 Å². The quantitative estimate of drug-likeness (QED) is 0.578. The fourth-order valence-corrected chi connectivity index (χ4v) is 7.92. The maximum Gasteiger partial charge on any atom is 0.397 e. The highest BCUT2D eigenvalue weighted by atomic mass is 32.3. The van der Waals surface area contributed by atoms with Crippen LogP contribution in [0.2, 0.25) is 0 Å². The topological polar surface area (TPSA) is 89.9 Å². The van der Waals surface area contributed by atoms with Crippen LogP contribution in [0.3, 0.4) is 0 Å². The SMILES string of the molecule is C[C@@]1(OS(=O)(=O)O)CCC2C3CC[C@H]4CC(=O)OC[C@]4(C)C3CC[C@@]21C. The summed E-state index contributed by atoms with van der Waals surface area (Å²) in [7, 11) is -4.48. The van der Waals surface area contributed by atoms with Crippen LogP contribution in [0.25, 0.3) is 0 Å². The number of ether oxygens (including phenoxy) is 1. The molecule has 0 aromatic rings. The molecule has 4 fully saturated rings. The van der Waals surface area contributed by atoms with E-state index in [1.807, 2.05) is 6.92 Å². The maximum absolute atomic E-state index is 11.8. The summed E-state index contributed by atoms with van der Waals surface area (Å²) in [4.78, 5) is 11.8. The Labute approximate surface area is 156 Å². The second kappa shape index (κ2) is 5.67. The Morgan fingerprint density at radius 3 is 2.46 bits per heavy atom. The summed E-state index contributed by atoms with van der Waals surface area (Å²) in [6.45, 7) is 6.78. The van der Waals surface area contributed by atoms with Crippen molar-refractivity contribution in [3.05, 3.63) is 0 Å². The molecule has 0 bridgehead atoms. The van der Waals surface area contributed by atoms with Gasteiger partial charge in [-0.25, -0.2) is 4.18 Å². The average Bonchev–Trinajstić information content (AvgIpc) is 2.77. The summed E-state index contributed by atoms with van der Waals surface area (Å²) in [5, 5.41) is 0. The molecule has 1 saturated heterocycles. The minimum atomic E-state index is -4.48. The van der Waals surface area contributed by atoms with Gasteiger partial charge in [-0.2, -0.15) is 8.42 Å². The summed E-state index contributed by atoms with van der Waals surface area (Å²) < 4.78 is 42.9. The van der Waals surface area contributed by atoms with E-state index in [0.29, 0.717) is 43.1 Å². The van der Waals surface area contributed by atoms with Crippen molar-refractivity contribution in [3.63, 3.8) is 0 Å².